The summed E-state index contributed by atoms with van der Waals surface area (Å²) < 4.78 is 23.3. The Labute approximate surface area is 396 Å². The molecule has 0 saturated carbocycles. The number of phosphoric acid groups is 1. The van der Waals surface area contributed by atoms with Gasteiger partial charge in [-0.15, -0.1) is 0 Å². The van der Waals surface area contributed by atoms with Crippen molar-refractivity contribution in [3.05, 3.63) is 60.8 Å². The number of aliphatic hydroxyl groups is 1. The summed E-state index contributed by atoms with van der Waals surface area (Å²) in [5, 5.41) is 13.9. The summed E-state index contributed by atoms with van der Waals surface area (Å²) in [4.78, 5) is 25.5. The minimum absolute atomic E-state index is 0.00360. The maximum absolute atomic E-state index is 12.9. The molecule has 0 aliphatic carbocycles. The molecular formula is C55H103N2O6P. The lowest BCUT2D eigenvalue weighted by molar-refractivity contribution is -0.870. The van der Waals surface area contributed by atoms with Gasteiger partial charge in [0.15, 0.2) is 0 Å². The van der Waals surface area contributed by atoms with Gasteiger partial charge in [0.1, 0.15) is 13.2 Å². The highest BCUT2D eigenvalue weighted by Crippen LogP contribution is 2.38. The number of nitrogens with zero attached hydrogens (tertiary/aromatic N) is 1. The molecule has 9 heteroatoms. The lowest BCUT2D eigenvalue weighted by Crippen LogP contribution is -2.45. The van der Waals surface area contributed by atoms with E-state index in [1.165, 1.54) is 148 Å². The second-order valence-corrected chi connectivity index (χ2v) is 20.6. The molecular weight excluding hydrogens is 816 g/mol. The fourth-order valence-corrected chi connectivity index (χ4v) is 8.28. The van der Waals surface area contributed by atoms with Crippen LogP contribution < -0.4 is 10.2 Å². The smallest absolute Gasteiger partial charge is 0.268 e. The number of allylic oxidation sites excluding steroid dienone is 9. The zero-order valence-corrected chi connectivity index (χ0v) is 43.4. The van der Waals surface area contributed by atoms with E-state index in [1.807, 2.05) is 27.2 Å². The number of nitrogens with one attached hydrogen (secondary N) is 1. The SMILES string of the molecule is CC/C=C\C/C=C\C/C=C\C/C=C\CCCCCCCCCCCCC(=O)NC(COP(=O)([O-])OCC[N+](C)(C)C)C(O)/C=C/CCCCCCCCCCCCCCCCCCC. The Morgan fingerprint density at radius 2 is 0.953 bits per heavy atom. The number of aliphatic hydroxyl groups excluding tert-OH is 1. The van der Waals surface area contributed by atoms with Crippen LogP contribution in [-0.4, -0.2) is 68.5 Å². The molecule has 0 spiro atoms. The van der Waals surface area contributed by atoms with Crippen molar-refractivity contribution in [1.82, 2.24) is 5.32 Å². The summed E-state index contributed by atoms with van der Waals surface area (Å²) in [6, 6.07) is -0.891. The van der Waals surface area contributed by atoms with E-state index in [0.29, 0.717) is 17.4 Å². The molecule has 3 unspecified atom stereocenters. The fourth-order valence-electron chi connectivity index (χ4n) is 7.56. The Kier molecular flexibility index (Phi) is 45.0. The third-order valence-electron chi connectivity index (χ3n) is 11.7. The maximum Gasteiger partial charge on any atom is 0.268 e. The van der Waals surface area contributed by atoms with E-state index < -0.39 is 20.0 Å². The van der Waals surface area contributed by atoms with Crippen molar-refractivity contribution in [2.45, 2.75) is 244 Å². The van der Waals surface area contributed by atoms with Crippen molar-refractivity contribution in [3.63, 3.8) is 0 Å². The normalized spacial score (nSPS) is 14.5. The molecule has 0 rings (SSSR count). The molecule has 2 N–H and O–H groups in total. The molecule has 64 heavy (non-hydrogen) atoms. The van der Waals surface area contributed by atoms with Crippen molar-refractivity contribution < 1.29 is 32.9 Å². The largest absolute Gasteiger partial charge is 0.756 e. The highest BCUT2D eigenvalue weighted by Gasteiger charge is 2.23. The van der Waals surface area contributed by atoms with Crippen LogP contribution in [0.15, 0.2) is 60.8 Å². The van der Waals surface area contributed by atoms with Gasteiger partial charge in [-0.05, 0) is 57.8 Å². The first-order valence-corrected chi connectivity index (χ1v) is 28.1. The number of likely N-dealkylation sites (N-methyl/N-ethyl adjacent to an activating group) is 1. The monoisotopic (exact) mass is 919 g/mol. The van der Waals surface area contributed by atoms with Gasteiger partial charge in [0.25, 0.3) is 7.82 Å². The zero-order chi connectivity index (χ0) is 47.1. The van der Waals surface area contributed by atoms with Gasteiger partial charge in [-0.25, -0.2) is 0 Å². The first kappa shape index (κ1) is 62.2. The standard InChI is InChI=1S/C55H103N2O6P/c1-6-8-10-12-14-16-18-20-22-24-26-27-28-29-31-33-35-37-39-41-43-45-47-49-55(59)56-53(52-63-64(60,61)62-51-50-57(3,4)5)54(58)48-46-44-42-40-38-36-34-32-30-25-23-21-19-17-15-13-11-9-7-2/h8,10,14,16,20,22,26-27,46,48,53-54,58H,6-7,9,11-13,15,17-19,21,23-25,28-45,47,49-52H2,1-5H3,(H-,56,59,60,61)/b10-8-,16-14-,22-20-,27-26-,48-46+. The molecule has 0 aliphatic heterocycles. The van der Waals surface area contributed by atoms with E-state index in [1.54, 1.807) is 6.08 Å². The van der Waals surface area contributed by atoms with E-state index in [4.69, 9.17) is 9.05 Å². The third-order valence-corrected chi connectivity index (χ3v) is 12.7. The number of quaternary nitrogens is 1. The minimum Gasteiger partial charge on any atom is -0.756 e. The van der Waals surface area contributed by atoms with Gasteiger partial charge in [-0.3, -0.25) is 9.36 Å². The summed E-state index contributed by atoms with van der Waals surface area (Å²) in [6.45, 7) is 4.55. The Balaban J connectivity index is 4.29. The highest BCUT2D eigenvalue weighted by atomic mass is 31.2. The van der Waals surface area contributed by atoms with Crippen LogP contribution in [0.4, 0.5) is 0 Å². The average Bonchev–Trinajstić information content (AvgIpc) is 3.25. The van der Waals surface area contributed by atoms with Gasteiger partial charge in [-0.1, -0.05) is 229 Å². The molecule has 3 atom stereocenters. The van der Waals surface area contributed by atoms with E-state index >= 15 is 0 Å². The number of hydrogen-bond acceptors (Lipinski definition) is 6. The summed E-state index contributed by atoms with van der Waals surface area (Å²) in [6.07, 6.45) is 61.3. The molecule has 0 radical (unpaired) electrons. The molecule has 374 valence electrons. The number of unbranched alkanes of at least 4 members (excludes halogenated alkanes) is 27. The van der Waals surface area contributed by atoms with E-state index in [2.05, 4.69) is 67.8 Å². The summed E-state index contributed by atoms with van der Waals surface area (Å²) >= 11 is 0. The number of carbonyl (C=O) groups is 1. The first-order valence-electron chi connectivity index (χ1n) is 26.7. The molecule has 0 aromatic rings. The molecule has 8 nitrogen and oxygen atoms in total. The average molecular weight is 919 g/mol. The number of rotatable bonds is 48. The number of amides is 1. The van der Waals surface area contributed by atoms with Gasteiger partial charge in [-0.2, -0.15) is 0 Å². The molecule has 1 amide bonds. The second kappa shape index (κ2) is 46.3. The number of carbonyl (C=O) groups excluding carboxylic acids is 1. The van der Waals surface area contributed by atoms with Crippen LogP contribution in [0.25, 0.3) is 0 Å². The van der Waals surface area contributed by atoms with E-state index in [-0.39, 0.29) is 19.1 Å². The van der Waals surface area contributed by atoms with Crippen molar-refractivity contribution in [1.29, 1.82) is 0 Å². The lowest BCUT2D eigenvalue weighted by Gasteiger charge is -2.29. The molecule has 0 aromatic carbocycles. The van der Waals surface area contributed by atoms with Gasteiger partial charge in [0.2, 0.25) is 5.91 Å². The highest BCUT2D eigenvalue weighted by molar-refractivity contribution is 7.45. The van der Waals surface area contributed by atoms with Crippen LogP contribution in [0.2, 0.25) is 0 Å². The first-order chi connectivity index (χ1) is 31.0. The van der Waals surface area contributed by atoms with Crippen LogP contribution in [0.1, 0.15) is 232 Å². The minimum atomic E-state index is -4.60. The molecule has 0 fully saturated rings. The quantitative estimate of drug-likeness (QED) is 0.0272. The van der Waals surface area contributed by atoms with Gasteiger partial charge >= 0.3 is 0 Å². The Bertz CT molecular complexity index is 1230. The summed E-state index contributed by atoms with van der Waals surface area (Å²) in [5.74, 6) is -0.203. The lowest BCUT2D eigenvalue weighted by atomic mass is 10.0. The van der Waals surface area contributed by atoms with Gasteiger partial charge < -0.3 is 28.8 Å². The summed E-state index contributed by atoms with van der Waals surface area (Å²) in [7, 11) is 1.26. The Morgan fingerprint density at radius 3 is 1.39 bits per heavy atom. The third kappa shape index (κ3) is 48.1. The van der Waals surface area contributed by atoms with Crippen molar-refractivity contribution in [2.75, 3.05) is 40.9 Å². The number of phosphoric ester groups is 1. The molecule has 0 heterocycles. The van der Waals surface area contributed by atoms with Crippen molar-refractivity contribution in [2.24, 2.45) is 0 Å². The van der Waals surface area contributed by atoms with Crippen LogP contribution >= 0.6 is 7.82 Å². The second-order valence-electron chi connectivity index (χ2n) is 19.2. The van der Waals surface area contributed by atoms with Crippen LogP contribution in [0.5, 0.6) is 0 Å². The Morgan fingerprint density at radius 1 is 0.562 bits per heavy atom. The van der Waals surface area contributed by atoms with Gasteiger partial charge in [0, 0.05) is 6.42 Å². The maximum atomic E-state index is 12.9. The van der Waals surface area contributed by atoms with E-state index in [0.717, 1.165) is 64.2 Å². The molecule has 0 saturated heterocycles. The summed E-state index contributed by atoms with van der Waals surface area (Å²) in [5.41, 5.74) is 0. The molecule has 0 aliphatic rings. The van der Waals surface area contributed by atoms with Gasteiger partial charge in [0.05, 0.1) is 39.9 Å². The molecule has 0 bridgehead atoms. The zero-order valence-electron chi connectivity index (χ0n) is 42.5. The predicted octanol–water partition coefficient (Wildman–Crippen LogP) is 15.1. The molecule has 0 aromatic heterocycles. The fraction of sp³-hybridized carbons (Fsp3) is 0.800. The van der Waals surface area contributed by atoms with Crippen molar-refractivity contribution in [3.8, 4) is 0 Å². The topological polar surface area (TPSA) is 108 Å². The van der Waals surface area contributed by atoms with Crippen molar-refractivity contribution >= 4 is 13.7 Å². The van der Waals surface area contributed by atoms with Crippen LogP contribution in [-0.2, 0) is 18.4 Å². The number of hydrogen-bond donors (Lipinski definition) is 2. The van der Waals surface area contributed by atoms with Crippen LogP contribution in [0.3, 0.4) is 0 Å². The van der Waals surface area contributed by atoms with E-state index in [9.17, 15) is 19.4 Å². The van der Waals surface area contributed by atoms with Crippen LogP contribution in [0, 0.1) is 0 Å². The Hall–Kier alpha value is -1.80. The predicted molar refractivity (Wildman–Crippen MR) is 274 cm³/mol.